The van der Waals surface area contributed by atoms with Gasteiger partial charge in [0.1, 0.15) is 5.75 Å². The van der Waals surface area contributed by atoms with E-state index in [0.717, 1.165) is 0 Å². The van der Waals surface area contributed by atoms with Crippen LogP contribution in [0.5, 0.6) is 23.5 Å². The van der Waals surface area contributed by atoms with Crippen LogP contribution in [0.4, 0.5) is 0 Å². The summed E-state index contributed by atoms with van der Waals surface area (Å²) in [6.07, 6.45) is 0. The summed E-state index contributed by atoms with van der Waals surface area (Å²) >= 11 is 0. The molecule has 9 nitrogen and oxygen atoms in total. The molecule has 0 spiro atoms. The Bertz CT molecular complexity index is 724. The second-order valence-corrected chi connectivity index (χ2v) is 6.98. The first-order chi connectivity index (χ1) is 12.0. The zero-order valence-electron chi connectivity index (χ0n) is 14.2. The van der Waals surface area contributed by atoms with E-state index < -0.39 is 13.4 Å². The molecule has 1 atom stereocenters. The van der Waals surface area contributed by atoms with Gasteiger partial charge in [0, 0.05) is 14.2 Å². The third-order valence-electron chi connectivity index (χ3n) is 3.27. The number of methoxy groups -OCH3 is 2. The molecule has 0 amide bonds. The zero-order valence-corrected chi connectivity index (χ0v) is 15.1. The van der Waals surface area contributed by atoms with Crippen molar-refractivity contribution < 1.29 is 32.9 Å². The highest BCUT2D eigenvalue weighted by atomic mass is 31.2. The average molecular weight is 370 g/mol. The van der Waals surface area contributed by atoms with Gasteiger partial charge in [0.25, 0.3) is 0 Å². The summed E-state index contributed by atoms with van der Waals surface area (Å²) in [4.78, 5) is 8.10. The summed E-state index contributed by atoms with van der Waals surface area (Å²) < 4.78 is 37.4. The fraction of sp³-hybridized carbons (Fsp3) is 0.333. The number of aliphatic hydroxyl groups is 1. The molecule has 136 valence electrons. The molecular weight excluding hydrogens is 351 g/mol. The molecule has 0 aliphatic heterocycles. The highest BCUT2D eigenvalue weighted by molar-refractivity contribution is 7.53. The van der Waals surface area contributed by atoms with Gasteiger partial charge in [-0.15, -0.1) is 0 Å². The van der Waals surface area contributed by atoms with E-state index in [1.54, 1.807) is 12.1 Å². The Morgan fingerprint density at radius 3 is 1.92 bits per heavy atom. The minimum Gasteiger partial charge on any atom is -0.481 e. The Kier molecular flexibility index (Phi) is 6.33. The van der Waals surface area contributed by atoms with E-state index in [2.05, 4.69) is 9.97 Å². The number of aromatic nitrogens is 2. The van der Waals surface area contributed by atoms with Crippen molar-refractivity contribution in [2.24, 2.45) is 0 Å². The monoisotopic (exact) mass is 370 g/mol. The van der Waals surface area contributed by atoms with Gasteiger partial charge < -0.3 is 28.4 Å². The molecule has 25 heavy (non-hydrogen) atoms. The molecule has 0 radical (unpaired) electrons. The van der Waals surface area contributed by atoms with E-state index in [0.29, 0.717) is 11.3 Å². The summed E-state index contributed by atoms with van der Waals surface area (Å²) in [6, 6.07) is 7.72. The summed E-state index contributed by atoms with van der Waals surface area (Å²) in [6.45, 7) is 0. The molecule has 10 heteroatoms. The number of nitrogens with zero attached hydrogens (tertiary/aromatic N) is 2. The lowest BCUT2D eigenvalue weighted by molar-refractivity contribution is 0.176. The molecule has 1 aromatic heterocycles. The van der Waals surface area contributed by atoms with Crippen LogP contribution >= 0.6 is 7.60 Å². The molecule has 1 aromatic carbocycles. The predicted molar refractivity (Wildman–Crippen MR) is 88.2 cm³/mol. The van der Waals surface area contributed by atoms with E-state index >= 15 is 0 Å². The highest BCUT2D eigenvalue weighted by Crippen LogP contribution is 2.58. The Morgan fingerprint density at radius 1 is 0.960 bits per heavy atom. The van der Waals surface area contributed by atoms with Gasteiger partial charge in [-0.1, -0.05) is 12.1 Å². The molecule has 0 saturated carbocycles. The van der Waals surface area contributed by atoms with Crippen LogP contribution in [-0.2, 0) is 13.6 Å². The van der Waals surface area contributed by atoms with E-state index in [4.69, 9.17) is 23.3 Å². The van der Waals surface area contributed by atoms with Crippen LogP contribution in [0.15, 0.2) is 30.3 Å². The molecule has 2 rings (SSSR count). The first-order valence-corrected chi connectivity index (χ1v) is 8.71. The Morgan fingerprint density at radius 2 is 1.48 bits per heavy atom. The van der Waals surface area contributed by atoms with Crippen LogP contribution in [0.1, 0.15) is 11.4 Å². The van der Waals surface area contributed by atoms with Crippen molar-refractivity contribution in [3.05, 3.63) is 35.9 Å². The van der Waals surface area contributed by atoms with Gasteiger partial charge in [0.05, 0.1) is 20.3 Å². The van der Waals surface area contributed by atoms with Crippen LogP contribution < -0.4 is 14.2 Å². The Balaban J connectivity index is 2.19. The maximum absolute atomic E-state index is 12.2. The van der Waals surface area contributed by atoms with Crippen molar-refractivity contribution >= 4 is 7.60 Å². The highest BCUT2D eigenvalue weighted by Gasteiger charge is 2.33. The standard InChI is InChI=1S/C15H19N2O7P/c1-20-12-9-13(21-2)17-15(16-12)24-11-7-5-10(6-8-11)14(18)25(19,22-3)23-4/h5-9,14,18H,1-4H3. The van der Waals surface area contributed by atoms with Crippen LogP contribution in [0.3, 0.4) is 0 Å². The van der Waals surface area contributed by atoms with Crippen LogP contribution in [0.2, 0.25) is 0 Å². The topological polar surface area (TPSA) is 109 Å². The first-order valence-electron chi connectivity index (χ1n) is 7.10. The number of benzene rings is 1. The lowest BCUT2D eigenvalue weighted by Gasteiger charge is -2.20. The van der Waals surface area contributed by atoms with Gasteiger partial charge in [-0.3, -0.25) is 4.57 Å². The van der Waals surface area contributed by atoms with Gasteiger partial charge in [-0.05, 0) is 17.7 Å². The SMILES string of the molecule is COc1cc(OC)nc(Oc2ccc(C(O)P(=O)(OC)OC)cc2)n1. The van der Waals surface area contributed by atoms with Crippen molar-refractivity contribution in [1.29, 1.82) is 0 Å². The summed E-state index contributed by atoms with van der Waals surface area (Å²) in [5.41, 5.74) is 0.350. The second kappa shape index (κ2) is 8.26. The predicted octanol–water partition coefficient (Wildman–Crippen LogP) is 2.76. The van der Waals surface area contributed by atoms with Gasteiger partial charge in [0.2, 0.25) is 11.8 Å². The molecule has 0 bridgehead atoms. The van der Waals surface area contributed by atoms with E-state index in [9.17, 15) is 9.67 Å². The number of hydrogen-bond donors (Lipinski definition) is 1. The molecule has 1 heterocycles. The molecule has 0 fully saturated rings. The van der Waals surface area contributed by atoms with E-state index in [1.807, 2.05) is 0 Å². The average Bonchev–Trinajstić information content (AvgIpc) is 2.67. The second-order valence-electron chi connectivity index (χ2n) is 4.68. The van der Waals surface area contributed by atoms with E-state index in [1.165, 1.54) is 46.6 Å². The lowest BCUT2D eigenvalue weighted by Crippen LogP contribution is -2.03. The molecule has 1 N–H and O–H groups in total. The van der Waals surface area contributed by atoms with Gasteiger partial charge in [-0.25, -0.2) is 0 Å². The number of hydrogen-bond acceptors (Lipinski definition) is 9. The van der Waals surface area contributed by atoms with Crippen LogP contribution in [0.25, 0.3) is 0 Å². The fourth-order valence-electron chi connectivity index (χ4n) is 1.91. The zero-order chi connectivity index (χ0) is 18.4. The van der Waals surface area contributed by atoms with Crippen LogP contribution in [-0.4, -0.2) is 43.5 Å². The van der Waals surface area contributed by atoms with Crippen molar-refractivity contribution in [3.63, 3.8) is 0 Å². The Hall–Kier alpha value is -2.19. The largest absolute Gasteiger partial charge is 0.481 e. The molecule has 0 aliphatic carbocycles. The number of ether oxygens (including phenoxy) is 3. The maximum atomic E-state index is 12.2. The van der Waals surface area contributed by atoms with E-state index in [-0.39, 0.29) is 17.8 Å². The Labute approximate surface area is 145 Å². The summed E-state index contributed by atoms with van der Waals surface area (Å²) in [5, 5.41) is 10.1. The molecule has 1 unspecified atom stereocenters. The van der Waals surface area contributed by atoms with Gasteiger partial charge >= 0.3 is 13.6 Å². The lowest BCUT2D eigenvalue weighted by atomic mass is 10.2. The third kappa shape index (κ3) is 4.46. The van der Waals surface area contributed by atoms with Gasteiger partial charge in [-0.2, -0.15) is 9.97 Å². The number of aliphatic hydroxyl groups excluding tert-OH is 1. The van der Waals surface area contributed by atoms with Crippen molar-refractivity contribution in [1.82, 2.24) is 9.97 Å². The fourth-order valence-corrected chi connectivity index (χ4v) is 2.99. The maximum Gasteiger partial charge on any atom is 0.362 e. The van der Waals surface area contributed by atoms with Crippen molar-refractivity contribution in [2.75, 3.05) is 28.4 Å². The molecule has 0 saturated heterocycles. The van der Waals surface area contributed by atoms with Gasteiger partial charge in [0.15, 0.2) is 5.85 Å². The normalized spacial score (nSPS) is 12.5. The minimum absolute atomic E-state index is 0.0314. The quantitative estimate of drug-likeness (QED) is 0.701. The molecule has 0 aliphatic rings. The smallest absolute Gasteiger partial charge is 0.362 e. The summed E-state index contributed by atoms with van der Waals surface area (Å²) in [5.74, 6) is -0.439. The molecule has 2 aromatic rings. The first kappa shape index (κ1) is 19.1. The molecular formula is C15H19N2O7P. The summed E-state index contributed by atoms with van der Waals surface area (Å²) in [7, 11) is 1.70. The van der Waals surface area contributed by atoms with Crippen LogP contribution in [0, 0.1) is 0 Å². The number of rotatable bonds is 8. The van der Waals surface area contributed by atoms with Crippen molar-refractivity contribution in [2.45, 2.75) is 5.85 Å². The minimum atomic E-state index is -3.64. The third-order valence-corrected chi connectivity index (χ3v) is 5.19. The van der Waals surface area contributed by atoms with Crippen molar-refractivity contribution in [3.8, 4) is 23.5 Å².